The summed E-state index contributed by atoms with van der Waals surface area (Å²) in [6, 6.07) is 10.1. The number of benzene rings is 1. The van der Waals surface area contributed by atoms with Crippen LogP contribution in [-0.2, 0) is 11.3 Å². The van der Waals surface area contributed by atoms with Gasteiger partial charge in [-0.05, 0) is 31.5 Å². The van der Waals surface area contributed by atoms with E-state index in [1.165, 1.54) is 0 Å². The Morgan fingerprint density at radius 1 is 1.21 bits per heavy atom. The van der Waals surface area contributed by atoms with Crippen LogP contribution in [0, 0.1) is 0 Å². The highest BCUT2D eigenvalue weighted by atomic mass is 16.6. The van der Waals surface area contributed by atoms with E-state index in [1.807, 2.05) is 35.2 Å². The Morgan fingerprint density at radius 3 is 2.89 bits per heavy atom. The van der Waals surface area contributed by atoms with Crippen molar-refractivity contribution in [2.45, 2.75) is 31.4 Å². The number of carbonyl (C=O) groups excluding carboxylic acids is 1. The fourth-order valence-corrected chi connectivity index (χ4v) is 2.98. The van der Waals surface area contributed by atoms with Crippen LogP contribution in [0.1, 0.15) is 24.8 Å². The molecule has 4 nitrogen and oxygen atoms in total. The maximum absolute atomic E-state index is 12.0. The first kappa shape index (κ1) is 12.5. The standard InChI is InChI=1S/C15H20N2O2/c18-14-17(11-13-5-2-1-3-6-13)12-15(19-14)7-4-9-16-10-8-15/h1-3,5-6,16H,4,7-12H2/t15-/m1/s1. The van der Waals surface area contributed by atoms with Gasteiger partial charge in [0.05, 0.1) is 6.54 Å². The molecule has 1 N–H and O–H groups in total. The van der Waals surface area contributed by atoms with E-state index in [2.05, 4.69) is 5.32 Å². The highest BCUT2D eigenvalue weighted by molar-refractivity contribution is 5.70. The summed E-state index contributed by atoms with van der Waals surface area (Å²) in [4.78, 5) is 13.9. The molecule has 1 amide bonds. The minimum atomic E-state index is -0.255. The molecular weight excluding hydrogens is 240 g/mol. The first-order valence-electron chi connectivity index (χ1n) is 7.00. The molecule has 0 aliphatic carbocycles. The van der Waals surface area contributed by atoms with Crippen LogP contribution in [0.2, 0.25) is 0 Å². The van der Waals surface area contributed by atoms with Gasteiger partial charge in [-0.25, -0.2) is 4.79 Å². The van der Waals surface area contributed by atoms with Crippen LogP contribution < -0.4 is 5.32 Å². The van der Waals surface area contributed by atoms with Gasteiger partial charge in [-0.1, -0.05) is 30.3 Å². The van der Waals surface area contributed by atoms with Crippen LogP contribution in [0.25, 0.3) is 0 Å². The van der Waals surface area contributed by atoms with Crippen molar-refractivity contribution in [1.82, 2.24) is 10.2 Å². The minimum absolute atomic E-state index is 0.161. The third-order valence-corrected chi connectivity index (χ3v) is 4.00. The molecule has 2 saturated heterocycles. The number of carbonyl (C=O) groups is 1. The predicted octanol–water partition coefficient (Wildman–Crippen LogP) is 2.15. The van der Waals surface area contributed by atoms with E-state index >= 15 is 0 Å². The maximum atomic E-state index is 12.0. The smallest absolute Gasteiger partial charge is 0.410 e. The highest BCUT2D eigenvalue weighted by Gasteiger charge is 2.44. The van der Waals surface area contributed by atoms with E-state index in [9.17, 15) is 4.79 Å². The third kappa shape index (κ3) is 2.73. The molecule has 1 atom stereocenters. The molecule has 19 heavy (non-hydrogen) atoms. The molecule has 0 saturated carbocycles. The third-order valence-electron chi connectivity index (χ3n) is 4.00. The van der Waals surface area contributed by atoms with Crippen molar-refractivity contribution in [2.24, 2.45) is 0 Å². The molecule has 0 radical (unpaired) electrons. The van der Waals surface area contributed by atoms with Crippen LogP contribution in [0.4, 0.5) is 4.79 Å². The Morgan fingerprint density at radius 2 is 2.05 bits per heavy atom. The Hall–Kier alpha value is -1.55. The van der Waals surface area contributed by atoms with E-state index in [4.69, 9.17) is 4.74 Å². The molecule has 4 heteroatoms. The normalized spacial score (nSPS) is 27.4. The van der Waals surface area contributed by atoms with Gasteiger partial charge in [-0.3, -0.25) is 4.90 Å². The molecule has 0 aromatic heterocycles. The van der Waals surface area contributed by atoms with Gasteiger partial charge >= 0.3 is 6.09 Å². The maximum Gasteiger partial charge on any atom is 0.410 e. The van der Waals surface area contributed by atoms with E-state index in [-0.39, 0.29) is 11.7 Å². The summed E-state index contributed by atoms with van der Waals surface area (Å²) in [6.45, 7) is 3.34. The van der Waals surface area contributed by atoms with Crippen molar-refractivity contribution in [1.29, 1.82) is 0 Å². The molecular formula is C15H20N2O2. The van der Waals surface area contributed by atoms with E-state index in [0.717, 1.165) is 44.5 Å². The first-order chi connectivity index (χ1) is 9.27. The lowest BCUT2D eigenvalue weighted by Crippen LogP contribution is -2.35. The summed E-state index contributed by atoms with van der Waals surface area (Å²) in [6.07, 6.45) is 2.80. The molecule has 1 aromatic rings. The van der Waals surface area contributed by atoms with Crippen molar-refractivity contribution < 1.29 is 9.53 Å². The molecule has 2 heterocycles. The Balaban J connectivity index is 1.69. The largest absolute Gasteiger partial charge is 0.441 e. The Bertz CT molecular complexity index is 439. The van der Waals surface area contributed by atoms with Gasteiger partial charge in [0.15, 0.2) is 0 Å². The summed E-state index contributed by atoms with van der Waals surface area (Å²) >= 11 is 0. The molecule has 2 aliphatic rings. The second-order valence-corrected chi connectivity index (χ2v) is 5.50. The van der Waals surface area contributed by atoms with Crippen molar-refractivity contribution in [2.75, 3.05) is 19.6 Å². The van der Waals surface area contributed by atoms with Gasteiger partial charge in [0, 0.05) is 13.0 Å². The molecule has 2 fully saturated rings. The molecule has 1 aromatic carbocycles. The zero-order valence-corrected chi connectivity index (χ0v) is 11.1. The number of ether oxygens (including phenoxy) is 1. The van der Waals surface area contributed by atoms with E-state index in [0.29, 0.717) is 6.54 Å². The lowest BCUT2D eigenvalue weighted by molar-refractivity contribution is 0.0469. The second kappa shape index (κ2) is 5.21. The average Bonchev–Trinajstić information content (AvgIpc) is 2.60. The van der Waals surface area contributed by atoms with E-state index < -0.39 is 0 Å². The van der Waals surface area contributed by atoms with Crippen LogP contribution in [0.15, 0.2) is 30.3 Å². The van der Waals surface area contributed by atoms with E-state index in [1.54, 1.807) is 0 Å². The second-order valence-electron chi connectivity index (χ2n) is 5.50. The van der Waals surface area contributed by atoms with Crippen LogP contribution in [0.3, 0.4) is 0 Å². The van der Waals surface area contributed by atoms with Crippen molar-refractivity contribution in [3.8, 4) is 0 Å². The number of rotatable bonds is 2. The topological polar surface area (TPSA) is 41.6 Å². The summed E-state index contributed by atoms with van der Waals surface area (Å²) in [7, 11) is 0. The summed E-state index contributed by atoms with van der Waals surface area (Å²) in [5.74, 6) is 0. The molecule has 2 aliphatic heterocycles. The number of nitrogens with zero attached hydrogens (tertiary/aromatic N) is 1. The Kier molecular flexibility index (Phi) is 3.42. The van der Waals surface area contributed by atoms with Gasteiger partial charge in [0.25, 0.3) is 0 Å². The number of amides is 1. The molecule has 0 unspecified atom stereocenters. The average molecular weight is 260 g/mol. The Labute approximate surface area is 113 Å². The van der Waals surface area contributed by atoms with Crippen LogP contribution in [-0.4, -0.2) is 36.2 Å². The number of nitrogens with one attached hydrogen (secondary N) is 1. The molecule has 0 bridgehead atoms. The number of hydrogen-bond donors (Lipinski definition) is 1. The fourth-order valence-electron chi connectivity index (χ4n) is 2.98. The highest BCUT2D eigenvalue weighted by Crippen LogP contribution is 2.32. The summed E-state index contributed by atoms with van der Waals surface area (Å²) in [5.41, 5.74) is 0.901. The molecule has 3 rings (SSSR count). The van der Waals surface area contributed by atoms with Gasteiger partial charge in [0.2, 0.25) is 0 Å². The monoisotopic (exact) mass is 260 g/mol. The zero-order chi connectivity index (χ0) is 13.1. The summed E-state index contributed by atoms with van der Waals surface area (Å²) in [5, 5.41) is 3.37. The molecule has 1 spiro atoms. The van der Waals surface area contributed by atoms with Crippen molar-refractivity contribution in [3.05, 3.63) is 35.9 Å². The predicted molar refractivity (Wildman–Crippen MR) is 72.8 cm³/mol. The zero-order valence-electron chi connectivity index (χ0n) is 11.1. The minimum Gasteiger partial charge on any atom is -0.441 e. The molecule has 102 valence electrons. The number of hydrogen-bond acceptors (Lipinski definition) is 3. The van der Waals surface area contributed by atoms with Crippen LogP contribution >= 0.6 is 0 Å². The fraction of sp³-hybridized carbons (Fsp3) is 0.533. The van der Waals surface area contributed by atoms with Crippen molar-refractivity contribution in [3.63, 3.8) is 0 Å². The van der Waals surface area contributed by atoms with Gasteiger partial charge in [-0.2, -0.15) is 0 Å². The lowest BCUT2D eigenvalue weighted by atomic mass is 9.95. The van der Waals surface area contributed by atoms with Gasteiger partial charge in [-0.15, -0.1) is 0 Å². The SMILES string of the molecule is O=C1O[C@@]2(CCCNCC2)CN1Cc1ccccc1. The van der Waals surface area contributed by atoms with Crippen molar-refractivity contribution >= 4 is 6.09 Å². The van der Waals surface area contributed by atoms with Crippen LogP contribution in [0.5, 0.6) is 0 Å². The summed E-state index contributed by atoms with van der Waals surface area (Å²) < 4.78 is 5.70. The van der Waals surface area contributed by atoms with Gasteiger partial charge < -0.3 is 10.1 Å². The van der Waals surface area contributed by atoms with Gasteiger partial charge in [0.1, 0.15) is 5.60 Å². The quantitative estimate of drug-likeness (QED) is 0.886. The first-order valence-corrected chi connectivity index (χ1v) is 7.00. The lowest BCUT2D eigenvalue weighted by Gasteiger charge is -2.24.